The zero-order valence-corrected chi connectivity index (χ0v) is 12.2. The number of piperazine rings is 1. The lowest BCUT2D eigenvalue weighted by Crippen LogP contribution is -2.52. The average molecular weight is 293 g/mol. The van der Waals surface area contributed by atoms with E-state index in [4.69, 9.17) is 9.84 Å². The van der Waals surface area contributed by atoms with Crippen molar-refractivity contribution >= 4 is 17.8 Å². The Kier molecular flexibility index (Phi) is 4.74. The van der Waals surface area contributed by atoms with Crippen LogP contribution in [0.2, 0.25) is 0 Å². The molecule has 0 spiro atoms. The van der Waals surface area contributed by atoms with Crippen molar-refractivity contribution in [3.8, 4) is 0 Å². The smallest absolute Gasteiger partial charge is 0.338 e. The molecule has 1 aliphatic rings. The van der Waals surface area contributed by atoms with Gasteiger partial charge in [0.05, 0.1) is 12.7 Å². The minimum Gasteiger partial charge on any atom is -0.480 e. The molecule has 7 nitrogen and oxygen atoms in total. The van der Waals surface area contributed by atoms with Crippen molar-refractivity contribution in [2.24, 2.45) is 0 Å². The number of nitrogens with zero attached hydrogens (tertiary/aromatic N) is 3. The van der Waals surface area contributed by atoms with Crippen LogP contribution in [-0.4, -0.2) is 66.3 Å². The van der Waals surface area contributed by atoms with Crippen LogP contribution < -0.4 is 4.90 Å². The fourth-order valence-corrected chi connectivity index (χ4v) is 2.33. The molecule has 1 aromatic rings. The molecule has 1 saturated heterocycles. The second-order valence-corrected chi connectivity index (χ2v) is 4.93. The van der Waals surface area contributed by atoms with E-state index in [9.17, 15) is 9.59 Å². The maximum absolute atomic E-state index is 11.5. The number of hydrogen-bond donors (Lipinski definition) is 1. The number of carboxylic acids is 1. The molecule has 114 valence electrons. The fourth-order valence-electron chi connectivity index (χ4n) is 2.33. The first-order chi connectivity index (χ1) is 10.0. The Morgan fingerprint density at radius 2 is 2.00 bits per heavy atom. The number of aromatic nitrogens is 1. The summed E-state index contributed by atoms with van der Waals surface area (Å²) in [6, 6.07) is 2.82. The number of ether oxygens (including phenoxy) is 1. The Labute approximate surface area is 123 Å². The molecule has 0 saturated carbocycles. The zero-order valence-electron chi connectivity index (χ0n) is 12.2. The van der Waals surface area contributed by atoms with Crippen molar-refractivity contribution in [1.82, 2.24) is 9.88 Å². The number of pyridine rings is 1. The van der Waals surface area contributed by atoms with Crippen molar-refractivity contribution < 1.29 is 19.4 Å². The normalized spacial score (nSPS) is 17.3. The highest BCUT2D eigenvalue weighted by atomic mass is 16.5. The summed E-state index contributed by atoms with van der Waals surface area (Å²) in [7, 11) is 1.34. The average Bonchev–Trinajstić information content (AvgIpc) is 2.53. The van der Waals surface area contributed by atoms with Gasteiger partial charge in [-0.25, -0.2) is 9.78 Å². The highest BCUT2D eigenvalue weighted by molar-refractivity contribution is 5.90. The minimum absolute atomic E-state index is 0.392. The molecule has 0 bridgehead atoms. The Morgan fingerprint density at radius 1 is 1.33 bits per heavy atom. The maximum atomic E-state index is 11.5. The number of carbonyl (C=O) groups excluding carboxylic acids is 1. The van der Waals surface area contributed by atoms with Crippen molar-refractivity contribution in [2.75, 3.05) is 38.2 Å². The first kappa shape index (κ1) is 15.2. The number of hydrogen-bond acceptors (Lipinski definition) is 6. The van der Waals surface area contributed by atoms with Gasteiger partial charge in [0.1, 0.15) is 11.9 Å². The predicted octanol–water partition coefficient (Wildman–Crippen LogP) is 0.463. The third-order valence-electron chi connectivity index (χ3n) is 3.71. The molecule has 0 aliphatic carbocycles. The van der Waals surface area contributed by atoms with Crippen LogP contribution in [-0.2, 0) is 9.53 Å². The number of carboxylic acid groups (broad SMARTS) is 1. The van der Waals surface area contributed by atoms with Crippen molar-refractivity contribution in [3.63, 3.8) is 0 Å². The molecule has 1 fully saturated rings. The van der Waals surface area contributed by atoms with E-state index in [1.54, 1.807) is 25.3 Å². The lowest BCUT2D eigenvalue weighted by molar-refractivity contribution is -0.142. The van der Waals surface area contributed by atoms with Gasteiger partial charge in [-0.2, -0.15) is 0 Å². The highest BCUT2D eigenvalue weighted by Crippen LogP contribution is 2.16. The standard InChI is InChI=1S/C14H19N3O4/c1-10(13(18)19)16-5-7-17(8-6-16)12-9-11(3-4-15-12)14(20)21-2/h3-4,9-10H,5-8H2,1-2H3,(H,18,19). The summed E-state index contributed by atoms with van der Waals surface area (Å²) in [4.78, 5) is 30.7. The third-order valence-corrected chi connectivity index (χ3v) is 3.71. The van der Waals surface area contributed by atoms with Gasteiger partial charge in [-0.1, -0.05) is 0 Å². The number of carbonyl (C=O) groups is 2. The lowest BCUT2D eigenvalue weighted by atomic mass is 10.2. The molecule has 0 amide bonds. The minimum atomic E-state index is -0.811. The Hall–Kier alpha value is -2.15. The van der Waals surface area contributed by atoms with E-state index in [1.165, 1.54) is 7.11 Å². The molecule has 2 heterocycles. The molecule has 0 radical (unpaired) electrons. The van der Waals surface area contributed by atoms with Crippen LogP contribution in [0.4, 0.5) is 5.82 Å². The monoisotopic (exact) mass is 293 g/mol. The van der Waals surface area contributed by atoms with Gasteiger partial charge in [0, 0.05) is 32.4 Å². The van der Waals surface area contributed by atoms with Gasteiger partial charge in [0.2, 0.25) is 0 Å². The van der Waals surface area contributed by atoms with Crippen molar-refractivity contribution in [1.29, 1.82) is 0 Å². The van der Waals surface area contributed by atoms with Gasteiger partial charge in [0.15, 0.2) is 0 Å². The second kappa shape index (κ2) is 6.53. The number of aliphatic carboxylic acids is 1. The summed E-state index contributed by atoms with van der Waals surface area (Å²) in [6.07, 6.45) is 1.58. The number of rotatable bonds is 4. The third kappa shape index (κ3) is 3.49. The molecule has 7 heteroatoms. The first-order valence-corrected chi connectivity index (χ1v) is 6.79. The van der Waals surface area contributed by atoms with Crippen LogP contribution in [0.1, 0.15) is 17.3 Å². The molecular weight excluding hydrogens is 274 g/mol. The second-order valence-electron chi connectivity index (χ2n) is 4.93. The van der Waals surface area contributed by atoms with Gasteiger partial charge in [-0.3, -0.25) is 9.69 Å². The van der Waals surface area contributed by atoms with E-state index < -0.39 is 18.0 Å². The molecule has 21 heavy (non-hydrogen) atoms. The van der Waals surface area contributed by atoms with Crippen molar-refractivity contribution in [3.05, 3.63) is 23.9 Å². The number of methoxy groups -OCH3 is 1. The molecule has 1 N–H and O–H groups in total. The van der Waals surface area contributed by atoms with Gasteiger partial charge in [0.25, 0.3) is 0 Å². The molecule has 1 aromatic heterocycles. The lowest BCUT2D eigenvalue weighted by Gasteiger charge is -2.37. The van der Waals surface area contributed by atoms with Crippen LogP contribution in [0.15, 0.2) is 18.3 Å². The van der Waals surface area contributed by atoms with Gasteiger partial charge >= 0.3 is 11.9 Å². The van der Waals surface area contributed by atoms with Crippen LogP contribution in [0.3, 0.4) is 0 Å². The van der Waals surface area contributed by atoms with E-state index in [-0.39, 0.29) is 0 Å². The quantitative estimate of drug-likeness (QED) is 0.808. The fraction of sp³-hybridized carbons (Fsp3) is 0.500. The maximum Gasteiger partial charge on any atom is 0.338 e. The summed E-state index contributed by atoms with van der Waals surface area (Å²) in [5, 5.41) is 9.02. The van der Waals surface area contributed by atoms with Gasteiger partial charge in [-0.05, 0) is 19.1 Å². The SMILES string of the molecule is COC(=O)c1ccnc(N2CCN(C(C)C(=O)O)CC2)c1. The van der Waals surface area contributed by atoms with E-state index in [2.05, 4.69) is 4.98 Å². The molecular formula is C14H19N3O4. The molecule has 1 unspecified atom stereocenters. The Balaban J connectivity index is 2.02. The van der Waals surface area contributed by atoms with Crippen molar-refractivity contribution in [2.45, 2.75) is 13.0 Å². The summed E-state index contributed by atoms with van der Waals surface area (Å²) < 4.78 is 4.69. The number of anilines is 1. The Bertz CT molecular complexity index is 527. The van der Waals surface area contributed by atoms with Crippen LogP contribution in [0.25, 0.3) is 0 Å². The largest absolute Gasteiger partial charge is 0.480 e. The topological polar surface area (TPSA) is 83.0 Å². The summed E-state index contributed by atoms with van der Waals surface area (Å²) in [6.45, 7) is 4.34. The summed E-state index contributed by atoms with van der Waals surface area (Å²) in [5.41, 5.74) is 0.462. The Morgan fingerprint density at radius 3 is 2.57 bits per heavy atom. The highest BCUT2D eigenvalue weighted by Gasteiger charge is 2.25. The summed E-state index contributed by atoms with van der Waals surface area (Å²) >= 11 is 0. The van der Waals surface area contributed by atoms with Crippen LogP contribution >= 0.6 is 0 Å². The van der Waals surface area contributed by atoms with Gasteiger partial charge < -0.3 is 14.7 Å². The molecule has 2 rings (SSSR count). The van der Waals surface area contributed by atoms with E-state index >= 15 is 0 Å². The zero-order chi connectivity index (χ0) is 15.4. The van der Waals surface area contributed by atoms with E-state index in [0.29, 0.717) is 37.6 Å². The molecule has 0 aromatic carbocycles. The van der Waals surface area contributed by atoms with Crippen LogP contribution in [0.5, 0.6) is 0 Å². The van der Waals surface area contributed by atoms with Crippen LogP contribution in [0, 0.1) is 0 Å². The summed E-state index contributed by atoms with van der Waals surface area (Å²) in [5.74, 6) is -0.494. The van der Waals surface area contributed by atoms with E-state index in [0.717, 1.165) is 0 Å². The first-order valence-electron chi connectivity index (χ1n) is 6.79. The van der Waals surface area contributed by atoms with Gasteiger partial charge in [-0.15, -0.1) is 0 Å². The number of esters is 1. The van der Waals surface area contributed by atoms with E-state index in [1.807, 2.05) is 9.80 Å². The molecule has 1 atom stereocenters. The molecule has 1 aliphatic heterocycles. The predicted molar refractivity (Wildman–Crippen MR) is 76.5 cm³/mol.